The van der Waals surface area contributed by atoms with Crippen molar-refractivity contribution in [1.82, 2.24) is 0 Å². The maximum absolute atomic E-state index is 15.1. The predicted molar refractivity (Wildman–Crippen MR) is 134 cm³/mol. The fourth-order valence-corrected chi connectivity index (χ4v) is 8.14. The molecule has 2 saturated heterocycles. The van der Waals surface area contributed by atoms with Gasteiger partial charge in [-0.05, 0) is 55.5 Å². The maximum atomic E-state index is 15.1. The molecule has 2 amide bonds. The minimum Gasteiger partial charge on any atom is -0.497 e. The molecule has 8 heteroatoms. The molecule has 5 rings (SSSR count). The number of ether oxygens (including phenoxy) is 1. The number of nitrogens with zero attached hydrogens (tertiary/aromatic N) is 3. The zero-order chi connectivity index (χ0) is 23.9. The molecule has 0 aromatic heterocycles. The van der Waals surface area contributed by atoms with Crippen LogP contribution in [0.5, 0.6) is 5.75 Å². The summed E-state index contributed by atoms with van der Waals surface area (Å²) in [5.74, 6) is -0.0607. The highest BCUT2D eigenvalue weighted by molar-refractivity contribution is 7.69. The van der Waals surface area contributed by atoms with E-state index in [4.69, 9.17) is 4.74 Å². The van der Waals surface area contributed by atoms with Crippen LogP contribution in [0.15, 0.2) is 78.9 Å². The summed E-state index contributed by atoms with van der Waals surface area (Å²) in [6.45, 7) is 2.95. The Hall–Kier alpha value is -3.57. The van der Waals surface area contributed by atoms with Crippen LogP contribution in [0.3, 0.4) is 0 Å². The van der Waals surface area contributed by atoms with Crippen LogP contribution in [0.1, 0.15) is 12.0 Å². The SMILES string of the molecule is COc1ccc(N2CCN(c3ccc(C)cc3)P2(=O)C2CC(=O)N(c3ccccc3)C2=O)cc1. The van der Waals surface area contributed by atoms with Gasteiger partial charge in [0.1, 0.15) is 11.4 Å². The van der Waals surface area contributed by atoms with Gasteiger partial charge in [-0.1, -0.05) is 35.9 Å². The van der Waals surface area contributed by atoms with E-state index in [0.717, 1.165) is 16.9 Å². The van der Waals surface area contributed by atoms with Crippen LogP contribution < -0.4 is 19.0 Å². The number of imide groups is 1. The Kier molecular flexibility index (Phi) is 5.66. The highest BCUT2D eigenvalue weighted by atomic mass is 31.2. The second-order valence-corrected chi connectivity index (χ2v) is 11.3. The van der Waals surface area contributed by atoms with Gasteiger partial charge in [-0.15, -0.1) is 0 Å². The lowest BCUT2D eigenvalue weighted by Gasteiger charge is -2.35. The second kappa shape index (κ2) is 8.65. The molecule has 0 saturated carbocycles. The third-order valence-electron chi connectivity index (χ3n) is 6.46. The van der Waals surface area contributed by atoms with Crippen LogP contribution in [0.25, 0.3) is 0 Å². The third-order valence-corrected chi connectivity index (χ3v) is 9.92. The summed E-state index contributed by atoms with van der Waals surface area (Å²) in [6, 6.07) is 23.9. The number of methoxy groups -OCH3 is 1. The van der Waals surface area contributed by atoms with Crippen LogP contribution in [0.4, 0.5) is 17.1 Å². The van der Waals surface area contributed by atoms with E-state index >= 15 is 4.57 Å². The van der Waals surface area contributed by atoms with E-state index in [2.05, 4.69) is 0 Å². The van der Waals surface area contributed by atoms with E-state index in [0.29, 0.717) is 24.5 Å². The van der Waals surface area contributed by atoms with Crippen LogP contribution >= 0.6 is 7.44 Å². The Morgan fingerprint density at radius 3 is 1.91 bits per heavy atom. The number of carbonyl (C=O) groups excluding carboxylic acids is 2. The predicted octanol–water partition coefficient (Wildman–Crippen LogP) is 4.86. The highest BCUT2D eigenvalue weighted by Crippen LogP contribution is 2.65. The van der Waals surface area contributed by atoms with Crippen LogP contribution in [0, 0.1) is 6.92 Å². The quantitative estimate of drug-likeness (QED) is 0.388. The molecule has 2 aliphatic heterocycles. The Balaban J connectivity index is 1.59. The van der Waals surface area contributed by atoms with Gasteiger partial charge in [0, 0.05) is 30.9 Å². The monoisotopic (exact) mass is 475 g/mol. The van der Waals surface area contributed by atoms with Crippen molar-refractivity contribution in [3.05, 3.63) is 84.4 Å². The summed E-state index contributed by atoms with van der Waals surface area (Å²) in [5.41, 5.74) is 2.14. The number of carbonyl (C=O) groups is 2. The van der Waals surface area contributed by atoms with Gasteiger partial charge >= 0.3 is 0 Å². The van der Waals surface area contributed by atoms with E-state index in [-0.39, 0.29) is 12.3 Å². The summed E-state index contributed by atoms with van der Waals surface area (Å²) in [5, 5.41) is 0. The van der Waals surface area contributed by atoms with Crippen molar-refractivity contribution >= 4 is 36.3 Å². The molecule has 0 spiro atoms. The third kappa shape index (κ3) is 3.57. The first kappa shape index (κ1) is 22.2. The van der Waals surface area contributed by atoms with Gasteiger partial charge in [0.2, 0.25) is 11.8 Å². The number of amides is 2. The summed E-state index contributed by atoms with van der Waals surface area (Å²) in [4.78, 5) is 27.9. The first-order valence-corrected chi connectivity index (χ1v) is 12.9. The molecule has 0 bridgehead atoms. The second-order valence-electron chi connectivity index (χ2n) is 8.49. The van der Waals surface area contributed by atoms with Crippen molar-refractivity contribution in [2.45, 2.75) is 19.0 Å². The smallest absolute Gasteiger partial charge is 0.275 e. The molecular weight excluding hydrogens is 449 g/mol. The van der Waals surface area contributed by atoms with Gasteiger partial charge < -0.3 is 14.1 Å². The average Bonchev–Trinajstić information content (AvgIpc) is 3.36. The molecule has 7 nitrogen and oxygen atoms in total. The number of rotatable bonds is 5. The van der Waals surface area contributed by atoms with Gasteiger partial charge in [0.25, 0.3) is 7.44 Å². The van der Waals surface area contributed by atoms with Crippen molar-refractivity contribution < 1.29 is 18.9 Å². The molecule has 3 aromatic carbocycles. The molecule has 2 fully saturated rings. The molecular formula is C26H26N3O4P. The highest BCUT2D eigenvalue weighted by Gasteiger charge is 2.57. The zero-order valence-electron chi connectivity index (χ0n) is 19.1. The van der Waals surface area contributed by atoms with E-state index < -0.39 is 19.0 Å². The summed E-state index contributed by atoms with van der Waals surface area (Å²) in [6.07, 6.45) is -0.0972. The molecule has 2 unspecified atom stereocenters. The van der Waals surface area contributed by atoms with E-state index in [1.165, 1.54) is 4.90 Å². The first-order valence-electron chi connectivity index (χ1n) is 11.2. The topological polar surface area (TPSA) is 70.2 Å². The van der Waals surface area contributed by atoms with Crippen LogP contribution in [-0.4, -0.2) is 37.7 Å². The maximum Gasteiger partial charge on any atom is 0.275 e. The molecule has 2 aliphatic rings. The van der Waals surface area contributed by atoms with Crippen LogP contribution in [0.2, 0.25) is 0 Å². The van der Waals surface area contributed by atoms with Crippen molar-refractivity contribution in [3.63, 3.8) is 0 Å². The summed E-state index contributed by atoms with van der Waals surface area (Å²) >= 11 is 0. The Morgan fingerprint density at radius 1 is 0.794 bits per heavy atom. The minimum atomic E-state index is -3.56. The van der Waals surface area contributed by atoms with E-state index in [1.54, 1.807) is 31.4 Å². The number of hydrogen-bond acceptors (Lipinski definition) is 4. The first-order chi connectivity index (χ1) is 16.4. The van der Waals surface area contributed by atoms with Crippen molar-refractivity contribution in [2.75, 3.05) is 34.4 Å². The average molecular weight is 475 g/mol. The number of aryl methyl sites for hydroxylation is 1. The van der Waals surface area contributed by atoms with Crippen molar-refractivity contribution in [2.24, 2.45) is 0 Å². The van der Waals surface area contributed by atoms with Crippen LogP contribution in [-0.2, 0) is 14.2 Å². The molecule has 174 valence electrons. The standard InChI is InChI=1S/C26H26N3O4P/c1-19-8-10-20(11-9-19)27-16-17-28(21-12-14-23(33-2)15-13-21)34(27,32)24-18-25(30)29(26(24)31)22-6-4-3-5-7-22/h3-15,24H,16-18H2,1-2H3. The molecule has 0 N–H and O–H groups in total. The van der Waals surface area contributed by atoms with Crippen molar-refractivity contribution in [3.8, 4) is 5.75 Å². The molecule has 34 heavy (non-hydrogen) atoms. The number of hydrogen-bond donors (Lipinski definition) is 0. The fourth-order valence-electron chi connectivity index (χ4n) is 4.73. The zero-order valence-corrected chi connectivity index (χ0v) is 20.0. The van der Waals surface area contributed by atoms with Gasteiger partial charge in [-0.3, -0.25) is 14.2 Å². The molecule has 2 atom stereocenters. The lowest BCUT2D eigenvalue weighted by molar-refractivity contribution is -0.121. The fraction of sp³-hybridized carbons (Fsp3) is 0.231. The number of benzene rings is 3. The van der Waals surface area contributed by atoms with Gasteiger partial charge in [-0.2, -0.15) is 0 Å². The number of para-hydroxylation sites is 1. The lowest BCUT2D eigenvalue weighted by atomic mass is 10.2. The normalized spacial score (nSPS) is 22.5. The Labute approximate surface area is 199 Å². The molecule has 3 aromatic rings. The molecule has 0 radical (unpaired) electrons. The van der Waals surface area contributed by atoms with E-state index in [1.807, 2.05) is 70.9 Å². The molecule has 0 aliphatic carbocycles. The van der Waals surface area contributed by atoms with Gasteiger partial charge in [0.05, 0.1) is 12.8 Å². The number of anilines is 3. The molecule has 2 heterocycles. The van der Waals surface area contributed by atoms with Crippen molar-refractivity contribution in [1.29, 1.82) is 0 Å². The lowest BCUT2D eigenvalue weighted by Crippen LogP contribution is -2.36. The largest absolute Gasteiger partial charge is 0.497 e. The Morgan fingerprint density at radius 2 is 1.35 bits per heavy atom. The van der Waals surface area contributed by atoms with E-state index in [9.17, 15) is 9.59 Å². The minimum absolute atomic E-state index is 0.0972. The van der Waals surface area contributed by atoms with Gasteiger partial charge in [-0.25, -0.2) is 4.90 Å². The summed E-state index contributed by atoms with van der Waals surface area (Å²) in [7, 11) is -1.96. The summed E-state index contributed by atoms with van der Waals surface area (Å²) < 4.78 is 24.0. The Bertz CT molecular complexity index is 1260. The van der Waals surface area contributed by atoms with Gasteiger partial charge in [0.15, 0.2) is 0 Å².